The molecule has 0 unspecified atom stereocenters. The van der Waals surface area contributed by atoms with E-state index in [1.54, 1.807) is 18.3 Å². The van der Waals surface area contributed by atoms with E-state index in [2.05, 4.69) is 15.0 Å². The summed E-state index contributed by atoms with van der Waals surface area (Å²) >= 11 is 0. The van der Waals surface area contributed by atoms with Crippen LogP contribution in [-0.2, 0) is 0 Å². The molecule has 0 saturated heterocycles. The number of anilines is 2. The Bertz CT molecular complexity index is 572. The van der Waals surface area contributed by atoms with Crippen LogP contribution in [0.15, 0.2) is 24.5 Å². The van der Waals surface area contributed by atoms with E-state index in [1.165, 1.54) is 6.20 Å². The largest absolute Gasteiger partial charge is 0.399 e. The Morgan fingerprint density at radius 2 is 2.06 bits per heavy atom. The SMILES string of the molecule is N#Cc1cnc(-c2cc(N)ccn2)nc1N. The van der Waals surface area contributed by atoms with Crippen LogP contribution in [0.2, 0.25) is 0 Å². The average Bonchev–Trinajstić information content (AvgIpc) is 2.29. The molecule has 0 fully saturated rings. The number of hydrogen-bond acceptors (Lipinski definition) is 6. The molecule has 0 aliphatic rings. The zero-order valence-electron chi connectivity index (χ0n) is 8.25. The summed E-state index contributed by atoms with van der Waals surface area (Å²) in [5.74, 6) is 0.487. The van der Waals surface area contributed by atoms with Crippen molar-refractivity contribution in [2.75, 3.05) is 11.5 Å². The van der Waals surface area contributed by atoms with Crippen LogP contribution >= 0.6 is 0 Å². The Morgan fingerprint density at radius 3 is 2.69 bits per heavy atom. The zero-order chi connectivity index (χ0) is 11.5. The summed E-state index contributed by atoms with van der Waals surface area (Å²) in [4.78, 5) is 12.0. The molecule has 0 aromatic carbocycles. The maximum Gasteiger partial charge on any atom is 0.180 e. The average molecular weight is 212 g/mol. The molecule has 16 heavy (non-hydrogen) atoms. The van der Waals surface area contributed by atoms with Gasteiger partial charge in [0.05, 0.1) is 6.20 Å². The third kappa shape index (κ3) is 1.74. The van der Waals surface area contributed by atoms with Gasteiger partial charge in [-0.05, 0) is 12.1 Å². The number of nitriles is 1. The second-order valence-corrected chi connectivity index (χ2v) is 3.08. The highest BCUT2D eigenvalue weighted by molar-refractivity contribution is 5.59. The van der Waals surface area contributed by atoms with E-state index in [1.807, 2.05) is 6.07 Å². The molecule has 2 aromatic rings. The standard InChI is InChI=1S/C10H8N6/c11-4-6-5-15-10(16-9(6)13)8-3-7(12)1-2-14-8/h1-3,5H,(H2,12,14)(H2,13,15,16). The molecule has 0 saturated carbocycles. The molecule has 0 aliphatic carbocycles. The van der Waals surface area contributed by atoms with Gasteiger partial charge in [0, 0.05) is 11.9 Å². The summed E-state index contributed by atoms with van der Waals surface area (Å²) in [7, 11) is 0. The molecule has 0 spiro atoms. The van der Waals surface area contributed by atoms with Gasteiger partial charge in [-0.1, -0.05) is 0 Å². The van der Waals surface area contributed by atoms with E-state index in [0.717, 1.165) is 0 Å². The molecule has 0 amide bonds. The summed E-state index contributed by atoms with van der Waals surface area (Å²) in [6, 6.07) is 5.19. The molecular weight excluding hydrogens is 204 g/mol. The predicted octanol–water partition coefficient (Wildman–Crippen LogP) is 0.575. The number of nitrogen functional groups attached to an aromatic ring is 2. The Labute approximate surface area is 91.6 Å². The van der Waals surface area contributed by atoms with Crippen LogP contribution < -0.4 is 11.5 Å². The number of nitrogens with zero attached hydrogens (tertiary/aromatic N) is 4. The van der Waals surface area contributed by atoms with Crippen LogP contribution in [0.25, 0.3) is 11.5 Å². The van der Waals surface area contributed by atoms with Crippen molar-refractivity contribution in [3.63, 3.8) is 0 Å². The molecule has 6 nitrogen and oxygen atoms in total. The van der Waals surface area contributed by atoms with Gasteiger partial charge in [0.25, 0.3) is 0 Å². The molecule has 6 heteroatoms. The van der Waals surface area contributed by atoms with E-state index in [0.29, 0.717) is 17.2 Å². The van der Waals surface area contributed by atoms with Crippen LogP contribution in [0.1, 0.15) is 5.56 Å². The Morgan fingerprint density at radius 1 is 1.25 bits per heavy atom. The first-order valence-corrected chi connectivity index (χ1v) is 4.45. The van der Waals surface area contributed by atoms with Gasteiger partial charge in [-0.15, -0.1) is 0 Å². The second kappa shape index (κ2) is 3.82. The number of nitrogens with two attached hydrogens (primary N) is 2. The number of rotatable bonds is 1. The Balaban J connectivity index is 2.50. The lowest BCUT2D eigenvalue weighted by atomic mass is 10.3. The number of pyridine rings is 1. The van der Waals surface area contributed by atoms with Crippen molar-refractivity contribution in [1.29, 1.82) is 5.26 Å². The van der Waals surface area contributed by atoms with Crippen molar-refractivity contribution in [2.24, 2.45) is 0 Å². The molecule has 0 aliphatic heterocycles. The van der Waals surface area contributed by atoms with Crippen LogP contribution in [0, 0.1) is 11.3 Å². The molecule has 0 bridgehead atoms. The van der Waals surface area contributed by atoms with E-state index in [-0.39, 0.29) is 11.4 Å². The third-order valence-electron chi connectivity index (χ3n) is 1.95. The molecule has 78 valence electrons. The third-order valence-corrected chi connectivity index (χ3v) is 1.95. The normalized spacial score (nSPS) is 9.69. The predicted molar refractivity (Wildman–Crippen MR) is 58.8 cm³/mol. The summed E-state index contributed by atoms with van der Waals surface area (Å²) < 4.78 is 0. The van der Waals surface area contributed by atoms with Crippen LogP contribution in [0.5, 0.6) is 0 Å². The molecule has 2 heterocycles. The smallest absolute Gasteiger partial charge is 0.180 e. The highest BCUT2D eigenvalue weighted by atomic mass is 15.0. The van der Waals surface area contributed by atoms with Crippen LogP contribution in [0.4, 0.5) is 11.5 Å². The fourth-order valence-corrected chi connectivity index (χ4v) is 1.17. The van der Waals surface area contributed by atoms with E-state index < -0.39 is 0 Å². The highest BCUT2D eigenvalue weighted by Crippen LogP contribution is 2.16. The fourth-order valence-electron chi connectivity index (χ4n) is 1.17. The molecule has 2 rings (SSSR count). The van der Waals surface area contributed by atoms with Gasteiger partial charge in [0.1, 0.15) is 23.1 Å². The van der Waals surface area contributed by atoms with Gasteiger partial charge in [0.15, 0.2) is 5.82 Å². The summed E-state index contributed by atoms with van der Waals surface area (Å²) in [6.07, 6.45) is 2.92. The number of aromatic nitrogens is 3. The van der Waals surface area contributed by atoms with Crippen molar-refractivity contribution in [1.82, 2.24) is 15.0 Å². The summed E-state index contributed by atoms with van der Waals surface area (Å²) in [5, 5.41) is 8.68. The zero-order valence-corrected chi connectivity index (χ0v) is 8.25. The van der Waals surface area contributed by atoms with E-state index in [9.17, 15) is 0 Å². The van der Waals surface area contributed by atoms with Crippen molar-refractivity contribution in [2.45, 2.75) is 0 Å². The van der Waals surface area contributed by atoms with Gasteiger partial charge in [-0.3, -0.25) is 4.98 Å². The van der Waals surface area contributed by atoms with Crippen LogP contribution in [-0.4, -0.2) is 15.0 Å². The molecule has 2 aromatic heterocycles. The van der Waals surface area contributed by atoms with Gasteiger partial charge in [-0.2, -0.15) is 5.26 Å². The first-order chi connectivity index (χ1) is 7.70. The van der Waals surface area contributed by atoms with Crippen LogP contribution in [0.3, 0.4) is 0 Å². The minimum absolute atomic E-state index is 0.136. The van der Waals surface area contributed by atoms with Gasteiger partial charge in [-0.25, -0.2) is 9.97 Å². The Hall–Kier alpha value is -2.68. The van der Waals surface area contributed by atoms with E-state index in [4.69, 9.17) is 16.7 Å². The summed E-state index contributed by atoms with van der Waals surface area (Å²) in [5.41, 5.74) is 12.5. The molecule has 4 N–H and O–H groups in total. The van der Waals surface area contributed by atoms with Gasteiger partial charge in [0.2, 0.25) is 0 Å². The lowest BCUT2D eigenvalue weighted by Gasteiger charge is -2.01. The van der Waals surface area contributed by atoms with Crippen molar-refractivity contribution < 1.29 is 0 Å². The first kappa shape index (κ1) is 9.86. The van der Waals surface area contributed by atoms with Gasteiger partial charge < -0.3 is 11.5 Å². The maximum atomic E-state index is 8.68. The number of hydrogen-bond donors (Lipinski definition) is 2. The van der Waals surface area contributed by atoms with E-state index >= 15 is 0 Å². The monoisotopic (exact) mass is 212 g/mol. The summed E-state index contributed by atoms with van der Waals surface area (Å²) in [6.45, 7) is 0. The Kier molecular flexibility index (Phi) is 2.36. The maximum absolute atomic E-state index is 8.68. The van der Waals surface area contributed by atoms with Crippen molar-refractivity contribution in [3.8, 4) is 17.6 Å². The second-order valence-electron chi connectivity index (χ2n) is 3.08. The first-order valence-electron chi connectivity index (χ1n) is 4.45. The topological polar surface area (TPSA) is 114 Å². The van der Waals surface area contributed by atoms with Crippen molar-refractivity contribution >= 4 is 11.5 Å². The highest BCUT2D eigenvalue weighted by Gasteiger charge is 2.06. The minimum atomic E-state index is 0.136. The molecule has 0 atom stereocenters. The lowest BCUT2D eigenvalue weighted by Crippen LogP contribution is -2.00. The molecule has 0 radical (unpaired) electrons. The quantitative estimate of drug-likeness (QED) is 0.714. The van der Waals surface area contributed by atoms with Gasteiger partial charge >= 0.3 is 0 Å². The van der Waals surface area contributed by atoms with Crippen molar-refractivity contribution in [3.05, 3.63) is 30.1 Å². The fraction of sp³-hybridized carbons (Fsp3) is 0. The minimum Gasteiger partial charge on any atom is -0.399 e. The lowest BCUT2D eigenvalue weighted by molar-refractivity contribution is 1.14. The molecular formula is C10H8N6.